The molecule has 0 spiro atoms. The van der Waals surface area contributed by atoms with Crippen LogP contribution in [0.25, 0.3) is 0 Å². The van der Waals surface area contributed by atoms with Crippen LogP contribution < -0.4 is 15.5 Å². The van der Waals surface area contributed by atoms with Gasteiger partial charge in [-0.25, -0.2) is 4.79 Å². The zero-order chi connectivity index (χ0) is 17.2. The Morgan fingerprint density at radius 3 is 2.62 bits per heavy atom. The van der Waals surface area contributed by atoms with Gasteiger partial charge in [0.25, 0.3) is 0 Å². The third-order valence-corrected chi connectivity index (χ3v) is 4.28. The summed E-state index contributed by atoms with van der Waals surface area (Å²) in [5, 5.41) is 5.31. The first-order valence-electron chi connectivity index (χ1n) is 8.05. The van der Waals surface area contributed by atoms with Crippen LogP contribution in [0.15, 0.2) is 18.2 Å². The maximum absolute atomic E-state index is 13.0. The number of ether oxygens (including phenoxy) is 1. The van der Waals surface area contributed by atoms with E-state index >= 15 is 0 Å². The molecule has 5 nitrogen and oxygen atoms in total. The Bertz CT molecular complexity index is 595. The molecule has 0 saturated carbocycles. The summed E-state index contributed by atoms with van der Waals surface area (Å²) in [4.78, 5) is 14.1. The van der Waals surface area contributed by atoms with E-state index in [2.05, 4.69) is 10.6 Å². The molecule has 1 aromatic carbocycles. The Morgan fingerprint density at radius 1 is 1.25 bits per heavy atom. The number of hydrogen-bond donors (Lipinski definition) is 2. The van der Waals surface area contributed by atoms with Crippen molar-refractivity contribution >= 4 is 17.4 Å². The first-order valence-corrected chi connectivity index (χ1v) is 8.05. The van der Waals surface area contributed by atoms with Gasteiger partial charge in [-0.1, -0.05) is 0 Å². The quantitative estimate of drug-likeness (QED) is 0.886. The molecule has 1 aromatic rings. The molecule has 2 saturated heterocycles. The molecule has 2 amide bonds. The summed E-state index contributed by atoms with van der Waals surface area (Å²) in [6.45, 7) is 2.55. The highest BCUT2D eigenvalue weighted by atomic mass is 19.4. The molecule has 0 aromatic heterocycles. The number of nitrogens with zero attached hydrogens (tertiary/aromatic N) is 1. The molecular formula is C16H20F3N3O2. The summed E-state index contributed by atoms with van der Waals surface area (Å²) in [5.74, 6) is 0. The molecule has 1 atom stereocenters. The second kappa shape index (κ2) is 6.88. The lowest BCUT2D eigenvalue weighted by atomic mass is 10.1. The number of urea groups is 1. The van der Waals surface area contributed by atoms with E-state index in [-0.39, 0.29) is 11.7 Å². The van der Waals surface area contributed by atoms with E-state index in [1.54, 1.807) is 0 Å². The number of halogens is 3. The minimum Gasteiger partial charge on any atom is -0.379 e. The number of benzene rings is 1. The van der Waals surface area contributed by atoms with Crippen molar-refractivity contribution < 1.29 is 22.7 Å². The van der Waals surface area contributed by atoms with Crippen LogP contribution in [-0.4, -0.2) is 38.4 Å². The molecule has 0 aliphatic carbocycles. The highest BCUT2D eigenvalue weighted by Crippen LogP contribution is 2.36. The normalized spacial score (nSPS) is 21.1. The summed E-state index contributed by atoms with van der Waals surface area (Å²) < 4.78 is 44.1. The average molecular weight is 343 g/mol. The zero-order valence-corrected chi connectivity index (χ0v) is 13.2. The molecule has 132 valence electrons. The van der Waals surface area contributed by atoms with E-state index in [1.165, 1.54) is 6.07 Å². The molecule has 2 N–H and O–H groups in total. The summed E-state index contributed by atoms with van der Waals surface area (Å²) in [7, 11) is 0. The molecule has 2 fully saturated rings. The fourth-order valence-electron chi connectivity index (χ4n) is 3.04. The Labute approximate surface area is 138 Å². The Kier molecular flexibility index (Phi) is 4.84. The number of carbonyl (C=O) groups is 1. The molecule has 2 aliphatic rings. The second-order valence-electron chi connectivity index (χ2n) is 6.08. The van der Waals surface area contributed by atoms with Crippen molar-refractivity contribution in [1.29, 1.82) is 0 Å². The number of hydrogen-bond acceptors (Lipinski definition) is 3. The lowest BCUT2D eigenvalue weighted by Crippen LogP contribution is -2.38. The van der Waals surface area contributed by atoms with Crippen LogP contribution >= 0.6 is 0 Å². The van der Waals surface area contributed by atoms with Crippen LogP contribution in [0.1, 0.15) is 24.8 Å². The molecule has 8 heteroatoms. The van der Waals surface area contributed by atoms with Crippen molar-refractivity contribution in [2.45, 2.75) is 31.5 Å². The summed E-state index contributed by atoms with van der Waals surface area (Å²) >= 11 is 0. The fourth-order valence-corrected chi connectivity index (χ4v) is 3.04. The van der Waals surface area contributed by atoms with E-state index in [4.69, 9.17) is 4.74 Å². The minimum absolute atomic E-state index is 0.106. The molecule has 0 radical (unpaired) electrons. The maximum Gasteiger partial charge on any atom is 0.416 e. The van der Waals surface area contributed by atoms with Crippen LogP contribution in [0, 0.1) is 0 Å². The fraction of sp³-hybridized carbons (Fsp3) is 0.562. The first-order chi connectivity index (χ1) is 11.4. The van der Waals surface area contributed by atoms with Crippen LogP contribution in [-0.2, 0) is 10.9 Å². The number of nitrogens with one attached hydrogen (secondary N) is 2. The van der Waals surface area contributed by atoms with Crippen molar-refractivity contribution in [3.8, 4) is 0 Å². The predicted molar refractivity (Wildman–Crippen MR) is 84.3 cm³/mol. The van der Waals surface area contributed by atoms with Crippen molar-refractivity contribution in [2.75, 3.05) is 36.5 Å². The van der Waals surface area contributed by atoms with Crippen LogP contribution in [0.2, 0.25) is 0 Å². The van der Waals surface area contributed by atoms with E-state index in [0.29, 0.717) is 25.3 Å². The van der Waals surface area contributed by atoms with Gasteiger partial charge in [0.05, 0.1) is 29.6 Å². The Morgan fingerprint density at radius 2 is 2.00 bits per heavy atom. The molecule has 3 rings (SSSR count). The predicted octanol–water partition coefficient (Wildman–Crippen LogP) is 3.22. The average Bonchev–Trinajstić information content (AvgIpc) is 3.19. The van der Waals surface area contributed by atoms with Gasteiger partial charge in [-0.2, -0.15) is 13.2 Å². The van der Waals surface area contributed by atoms with E-state index in [1.807, 2.05) is 4.90 Å². The number of rotatable bonds is 3. The van der Waals surface area contributed by atoms with E-state index < -0.39 is 17.8 Å². The second-order valence-corrected chi connectivity index (χ2v) is 6.08. The van der Waals surface area contributed by atoms with E-state index in [9.17, 15) is 18.0 Å². The highest BCUT2D eigenvalue weighted by molar-refractivity contribution is 5.93. The molecular weight excluding hydrogens is 323 g/mol. The highest BCUT2D eigenvalue weighted by Gasteiger charge is 2.32. The summed E-state index contributed by atoms with van der Waals surface area (Å²) in [6, 6.07) is 2.87. The van der Waals surface area contributed by atoms with Gasteiger partial charge in [-0.05, 0) is 37.5 Å². The van der Waals surface area contributed by atoms with Gasteiger partial charge in [-0.3, -0.25) is 0 Å². The van der Waals surface area contributed by atoms with Crippen molar-refractivity contribution in [3.63, 3.8) is 0 Å². The number of amides is 2. The van der Waals surface area contributed by atoms with Gasteiger partial charge < -0.3 is 20.3 Å². The lowest BCUT2D eigenvalue weighted by Gasteiger charge is -2.23. The van der Waals surface area contributed by atoms with Gasteiger partial charge >= 0.3 is 12.2 Å². The molecule has 2 aliphatic heterocycles. The monoisotopic (exact) mass is 343 g/mol. The molecule has 1 unspecified atom stereocenters. The third-order valence-electron chi connectivity index (χ3n) is 4.28. The Balaban J connectivity index is 1.80. The van der Waals surface area contributed by atoms with E-state index in [0.717, 1.165) is 38.1 Å². The lowest BCUT2D eigenvalue weighted by molar-refractivity contribution is -0.137. The zero-order valence-electron chi connectivity index (χ0n) is 13.2. The number of alkyl halides is 3. The topological polar surface area (TPSA) is 53.6 Å². The van der Waals surface area contributed by atoms with Crippen molar-refractivity contribution in [1.82, 2.24) is 5.32 Å². The van der Waals surface area contributed by atoms with Gasteiger partial charge in [0.1, 0.15) is 0 Å². The number of anilines is 2. The molecule has 24 heavy (non-hydrogen) atoms. The van der Waals surface area contributed by atoms with Gasteiger partial charge in [0, 0.05) is 19.7 Å². The SMILES string of the molecule is O=C(Nc1cc(C(F)(F)F)ccc1N1CCCC1)NC1CCOC1. The Hall–Kier alpha value is -1.96. The summed E-state index contributed by atoms with van der Waals surface area (Å²) in [6.07, 6.45) is -1.76. The maximum atomic E-state index is 13.0. The van der Waals surface area contributed by atoms with Crippen LogP contribution in [0.5, 0.6) is 0 Å². The standard InChI is InChI=1S/C16H20F3N3O2/c17-16(18,19)11-3-4-14(22-6-1-2-7-22)13(9-11)21-15(23)20-12-5-8-24-10-12/h3-4,9,12H,1-2,5-8,10H2,(H2,20,21,23). The van der Waals surface area contributed by atoms with Crippen LogP contribution in [0.4, 0.5) is 29.3 Å². The van der Waals surface area contributed by atoms with Gasteiger partial charge in [0.2, 0.25) is 0 Å². The molecule has 0 bridgehead atoms. The summed E-state index contributed by atoms with van der Waals surface area (Å²) in [5.41, 5.74) is 0.0337. The largest absolute Gasteiger partial charge is 0.416 e. The van der Waals surface area contributed by atoms with Crippen molar-refractivity contribution in [2.24, 2.45) is 0 Å². The first kappa shape index (κ1) is 16.9. The van der Waals surface area contributed by atoms with Crippen LogP contribution in [0.3, 0.4) is 0 Å². The van der Waals surface area contributed by atoms with Gasteiger partial charge in [0.15, 0.2) is 0 Å². The van der Waals surface area contributed by atoms with Gasteiger partial charge in [-0.15, -0.1) is 0 Å². The minimum atomic E-state index is -4.45. The number of carbonyl (C=O) groups excluding carboxylic acids is 1. The molecule has 2 heterocycles. The van der Waals surface area contributed by atoms with Crippen molar-refractivity contribution in [3.05, 3.63) is 23.8 Å². The smallest absolute Gasteiger partial charge is 0.379 e. The third kappa shape index (κ3) is 3.92.